The molecule has 8 nitrogen and oxygen atoms in total. The minimum Gasteiger partial charge on any atom is -0.356 e. The number of hydrogen-bond donors (Lipinski definition) is 3. The molecule has 3 N–H and O–H groups in total. The predicted molar refractivity (Wildman–Crippen MR) is 161 cm³/mol. The molecule has 1 saturated carbocycles. The van der Waals surface area contributed by atoms with Crippen molar-refractivity contribution in [3.8, 4) is 0 Å². The van der Waals surface area contributed by atoms with Gasteiger partial charge >= 0.3 is 0 Å². The molecule has 0 unspecified atom stereocenters. The summed E-state index contributed by atoms with van der Waals surface area (Å²) >= 11 is 1.42. The van der Waals surface area contributed by atoms with Gasteiger partial charge in [0.1, 0.15) is 0 Å². The quantitative estimate of drug-likeness (QED) is 0.256. The molecule has 2 aromatic rings. The molecule has 41 heavy (non-hydrogen) atoms. The van der Waals surface area contributed by atoms with Gasteiger partial charge < -0.3 is 16.0 Å². The van der Waals surface area contributed by atoms with Crippen LogP contribution in [0.3, 0.4) is 0 Å². The molecular weight excluding hydrogens is 538 g/mol. The first-order valence-corrected chi connectivity index (χ1v) is 15.8. The van der Waals surface area contributed by atoms with Crippen LogP contribution < -0.4 is 16.0 Å². The van der Waals surface area contributed by atoms with E-state index in [9.17, 15) is 24.0 Å². The summed E-state index contributed by atoms with van der Waals surface area (Å²) < 4.78 is 1.02. The molecule has 3 amide bonds. The monoisotopic (exact) mass is 581 g/mol. The third kappa shape index (κ3) is 8.71. The Morgan fingerprint density at radius 3 is 2.41 bits per heavy atom. The van der Waals surface area contributed by atoms with E-state index in [-0.39, 0.29) is 24.5 Å². The first kappa shape index (κ1) is 30.9. The standard InChI is InChI=1S/C32H43N3O5S/c1-32(2,3)35-31(40)28(37)24(17-22-13-9-15-33-29(22)38)34-30(39)23(16-20-10-5-4-6-11-20)18-25(36)27-19-21-12-7-8-14-26(21)41-27/h7-8,12,14,19-20,22-24H,4-6,9-11,13,15-18H2,1-3H3,(H,33,38)(H,34,39)(H,35,40)/t22-,23+,24-/m0/s1. The van der Waals surface area contributed by atoms with Crippen LogP contribution in [0.4, 0.5) is 0 Å². The van der Waals surface area contributed by atoms with E-state index in [4.69, 9.17) is 0 Å². The average molecular weight is 582 g/mol. The van der Waals surface area contributed by atoms with Crippen LogP contribution >= 0.6 is 11.3 Å². The van der Waals surface area contributed by atoms with Gasteiger partial charge in [0.25, 0.3) is 5.91 Å². The lowest BCUT2D eigenvalue weighted by Gasteiger charge is -2.29. The molecule has 4 rings (SSSR count). The van der Waals surface area contributed by atoms with Crippen LogP contribution in [0, 0.1) is 17.8 Å². The number of piperidine rings is 1. The maximum absolute atomic E-state index is 13.9. The molecular formula is C32H43N3O5S. The van der Waals surface area contributed by atoms with Gasteiger partial charge in [0.05, 0.1) is 10.9 Å². The molecule has 2 heterocycles. The lowest BCUT2D eigenvalue weighted by molar-refractivity contribution is -0.142. The van der Waals surface area contributed by atoms with Gasteiger partial charge in [0.15, 0.2) is 5.78 Å². The second kappa shape index (κ2) is 13.7. The number of carbonyl (C=O) groups excluding carboxylic acids is 5. The fourth-order valence-electron chi connectivity index (χ4n) is 5.98. The van der Waals surface area contributed by atoms with E-state index in [0.717, 1.165) is 42.2 Å². The Kier molecular flexibility index (Phi) is 10.3. The highest BCUT2D eigenvalue weighted by atomic mass is 32.1. The van der Waals surface area contributed by atoms with Gasteiger partial charge in [-0.25, -0.2) is 0 Å². The number of Topliss-reactive ketones (excluding diaryl/α,β-unsaturated/α-hetero) is 2. The lowest BCUT2D eigenvalue weighted by Crippen LogP contribution is -2.54. The number of rotatable bonds is 11. The topological polar surface area (TPSA) is 121 Å². The van der Waals surface area contributed by atoms with Crippen molar-refractivity contribution in [2.45, 2.75) is 96.6 Å². The van der Waals surface area contributed by atoms with E-state index >= 15 is 0 Å². The largest absolute Gasteiger partial charge is 0.356 e. The van der Waals surface area contributed by atoms with E-state index in [1.165, 1.54) is 17.8 Å². The molecule has 0 bridgehead atoms. The SMILES string of the molecule is CC(C)(C)NC(=O)C(=O)[C@H](C[C@@H]1CCCNC1=O)NC(=O)[C@@H](CC(=O)c1cc2ccccc2s1)CC1CCCCC1. The van der Waals surface area contributed by atoms with Crippen LogP contribution in [-0.4, -0.2) is 47.4 Å². The molecule has 1 saturated heterocycles. The summed E-state index contributed by atoms with van der Waals surface area (Å²) in [6, 6.07) is 8.54. The van der Waals surface area contributed by atoms with Crippen molar-refractivity contribution >= 4 is 50.7 Å². The van der Waals surface area contributed by atoms with Crippen molar-refractivity contribution in [2.24, 2.45) is 17.8 Å². The molecule has 9 heteroatoms. The molecule has 1 aliphatic carbocycles. The van der Waals surface area contributed by atoms with E-state index < -0.39 is 41.0 Å². The maximum Gasteiger partial charge on any atom is 0.290 e. The molecule has 0 radical (unpaired) electrons. The van der Waals surface area contributed by atoms with Gasteiger partial charge in [0.2, 0.25) is 17.6 Å². The van der Waals surface area contributed by atoms with Crippen molar-refractivity contribution in [1.82, 2.24) is 16.0 Å². The van der Waals surface area contributed by atoms with Crippen molar-refractivity contribution in [1.29, 1.82) is 0 Å². The summed E-state index contributed by atoms with van der Waals surface area (Å²) in [4.78, 5) is 66.7. The second-order valence-electron chi connectivity index (χ2n) is 12.7. The fourth-order valence-corrected chi connectivity index (χ4v) is 6.99. The minimum atomic E-state index is -1.15. The van der Waals surface area contributed by atoms with Crippen molar-refractivity contribution in [2.75, 3.05) is 6.54 Å². The summed E-state index contributed by atoms with van der Waals surface area (Å²) in [5.41, 5.74) is -0.635. The predicted octanol–water partition coefficient (Wildman–Crippen LogP) is 4.95. The Balaban J connectivity index is 1.54. The summed E-state index contributed by atoms with van der Waals surface area (Å²) in [7, 11) is 0. The molecule has 3 atom stereocenters. The first-order valence-electron chi connectivity index (χ1n) is 15.0. The maximum atomic E-state index is 13.9. The molecule has 222 valence electrons. The molecule has 0 spiro atoms. The summed E-state index contributed by atoms with van der Waals surface area (Å²) in [6.07, 6.45) is 7.41. The zero-order valence-corrected chi connectivity index (χ0v) is 25.2. The number of carbonyl (C=O) groups is 5. The number of benzene rings is 1. The third-order valence-electron chi connectivity index (χ3n) is 8.11. The number of fused-ring (bicyclic) bond motifs is 1. The lowest BCUT2D eigenvalue weighted by atomic mass is 9.80. The van der Waals surface area contributed by atoms with Gasteiger partial charge in [0, 0.05) is 35.0 Å². The van der Waals surface area contributed by atoms with E-state index in [1.54, 1.807) is 20.8 Å². The number of thiophene rings is 1. The van der Waals surface area contributed by atoms with Crippen molar-refractivity contribution in [3.63, 3.8) is 0 Å². The first-order chi connectivity index (χ1) is 19.5. The molecule has 1 aromatic carbocycles. The van der Waals surface area contributed by atoms with Crippen molar-refractivity contribution in [3.05, 3.63) is 35.2 Å². The molecule has 2 fully saturated rings. The average Bonchev–Trinajstić information content (AvgIpc) is 3.37. The van der Waals surface area contributed by atoms with Gasteiger partial charge in [-0.15, -0.1) is 11.3 Å². The van der Waals surface area contributed by atoms with Crippen LogP contribution in [0.1, 0.15) is 94.7 Å². The summed E-state index contributed by atoms with van der Waals surface area (Å²) in [6.45, 7) is 5.91. The van der Waals surface area contributed by atoms with E-state index in [0.29, 0.717) is 30.2 Å². The fraction of sp³-hybridized carbons (Fsp3) is 0.594. The minimum absolute atomic E-state index is 0.0359. The third-order valence-corrected chi connectivity index (χ3v) is 9.27. The van der Waals surface area contributed by atoms with Crippen LogP contribution in [0.15, 0.2) is 30.3 Å². The molecule has 2 aliphatic rings. The zero-order valence-electron chi connectivity index (χ0n) is 24.4. The van der Waals surface area contributed by atoms with Gasteiger partial charge in [-0.05, 0) is 69.9 Å². The van der Waals surface area contributed by atoms with E-state index in [2.05, 4.69) is 16.0 Å². The van der Waals surface area contributed by atoms with Crippen LogP contribution in [0.5, 0.6) is 0 Å². The number of hydrogen-bond acceptors (Lipinski definition) is 6. The Morgan fingerprint density at radius 1 is 1.00 bits per heavy atom. The number of amides is 3. The highest BCUT2D eigenvalue weighted by Gasteiger charge is 2.36. The number of ketones is 2. The smallest absolute Gasteiger partial charge is 0.290 e. The van der Waals surface area contributed by atoms with Gasteiger partial charge in [-0.2, -0.15) is 0 Å². The van der Waals surface area contributed by atoms with Gasteiger partial charge in [-0.3, -0.25) is 24.0 Å². The molecule has 1 aromatic heterocycles. The Morgan fingerprint density at radius 2 is 1.73 bits per heavy atom. The van der Waals surface area contributed by atoms with Crippen molar-refractivity contribution < 1.29 is 24.0 Å². The van der Waals surface area contributed by atoms with E-state index in [1.807, 2.05) is 30.3 Å². The number of nitrogens with one attached hydrogen (secondary N) is 3. The van der Waals surface area contributed by atoms with Crippen LogP contribution in [-0.2, 0) is 19.2 Å². The Labute approximate surface area is 246 Å². The Bertz CT molecular complexity index is 1240. The van der Waals surface area contributed by atoms with Gasteiger partial charge in [-0.1, -0.05) is 50.3 Å². The second-order valence-corrected chi connectivity index (χ2v) is 13.8. The zero-order chi connectivity index (χ0) is 29.6. The molecule has 1 aliphatic heterocycles. The normalized spacial score (nSPS) is 19.7. The summed E-state index contributed by atoms with van der Waals surface area (Å²) in [5, 5.41) is 9.35. The van der Waals surface area contributed by atoms with Crippen LogP contribution in [0.2, 0.25) is 0 Å². The highest BCUT2D eigenvalue weighted by molar-refractivity contribution is 7.20. The Hall–Kier alpha value is -3.07. The highest BCUT2D eigenvalue weighted by Crippen LogP contribution is 2.33. The van der Waals surface area contributed by atoms with Crippen LogP contribution in [0.25, 0.3) is 10.1 Å². The summed E-state index contributed by atoms with van der Waals surface area (Å²) in [5.74, 6) is -2.99.